The molecule has 2 nitrogen and oxygen atoms in total. The highest BCUT2D eigenvalue weighted by molar-refractivity contribution is 5.97. The Kier molecular flexibility index (Phi) is 4.69. The summed E-state index contributed by atoms with van der Waals surface area (Å²) in [6.07, 6.45) is 1.04. The number of benzene rings is 1. The lowest BCUT2D eigenvalue weighted by molar-refractivity contribution is 0.0987. The number of rotatable bonds is 5. The number of aryl methyl sites for hydroxylation is 2. The molecular formula is C14H21NO. The summed E-state index contributed by atoms with van der Waals surface area (Å²) in [5.41, 5.74) is 3.21. The first kappa shape index (κ1) is 12.9. The van der Waals surface area contributed by atoms with E-state index < -0.39 is 0 Å². The van der Waals surface area contributed by atoms with Crippen LogP contribution in [0.2, 0.25) is 0 Å². The summed E-state index contributed by atoms with van der Waals surface area (Å²) in [5.74, 6) is 0.170. The van der Waals surface area contributed by atoms with Crippen LogP contribution in [0.5, 0.6) is 0 Å². The van der Waals surface area contributed by atoms with Crippen molar-refractivity contribution in [2.24, 2.45) is 0 Å². The first-order valence-electron chi connectivity index (χ1n) is 5.88. The quantitative estimate of drug-likeness (QED) is 0.771. The Morgan fingerprint density at radius 2 is 2.00 bits per heavy atom. The Labute approximate surface area is 98.1 Å². The highest BCUT2D eigenvalue weighted by atomic mass is 16.1. The van der Waals surface area contributed by atoms with Gasteiger partial charge in [0, 0.05) is 11.6 Å². The van der Waals surface area contributed by atoms with Gasteiger partial charge in [0.1, 0.15) is 0 Å². The van der Waals surface area contributed by atoms with Gasteiger partial charge in [-0.25, -0.2) is 0 Å². The van der Waals surface area contributed by atoms with Gasteiger partial charge in [0.15, 0.2) is 5.78 Å². The third kappa shape index (κ3) is 3.46. The van der Waals surface area contributed by atoms with E-state index in [0.717, 1.165) is 12.0 Å². The first-order valence-corrected chi connectivity index (χ1v) is 5.88. The number of carbonyl (C=O) groups is 1. The average Bonchev–Trinajstić information content (AvgIpc) is 2.29. The molecule has 1 aromatic rings. The zero-order valence-corrected chi connectivity index (χ0v) is 10.6. The molecule has 0 heterocycles. The minimum Gasteiger partial charge on any atom is -0.307 e. The third-order valence-electron chi connectivity index (χ3n) is 3.05. The summed E-state index contributed by atoms with van der Waals surface area (Å²) in [5, 5.41) is 3.22. The van der Waals surface area contributed by atoms with Crippen molar-refractivity contribution in [1.29, 1.82) is 0 Å². The zero-order valence-electron chi connectivity index (χ0n) is 10.6. The maximum absolute atomic E-state index is 11.9. The van der Waals surface area contributed by atoms with E-state index >= 15 is 0 Å². The number of Topliss-reactive ketones (excluding diaryl/α,β-unsaturated/α-hetero) is 1. The molecule has 2 heteroatoms. The SMILES string of the molecule is CCC(C)NCC(=O)c1ccc(C)c(C)c1. The zero-order chi connectivity index (χ0) is 12.1. The van der Waals surface area contributed by atoms with Crippen molar-refractivity contribution in [2.45, 2.75) is 40.2 Å². The van der Waals surface area contributed by atoms with Crippen molar-refractivity contribution in [3.8, 4) is 0 Å². The van der Waals surface area contributed by atoms with E-state index in [1.807, 2.05) is 25.1 Å². The van der Waals surface area contributed by atoms with Crippen molar-refractivity contribution in [3.63, 3.8) is 0 Å². The van der Waals surface area contributed by atoms with E-state index in [9.17, 15) is 4.79 Å². The fourth-order valence-electron chi connectivity index (χ4n) is 1.43. The Morgan fingerprint density at radius 3 is 2.56 bits per heavy atom. The molecule has 0 aliphatic carbocycles. The van der Waals surface area contributed by atoms with Crippen molar-refractivity contribution >= 4 is 5.78 Å². The molecule has 0 saturated carbocycles. The highest BCUT2D eigenvalue weighted by Crippen LogP contribution is 2.10. The summed E-state index contributed by atoms with van der Waals surface area (Å²) >= 11 is 0. The predicted octanol–water partition coefficient (Wildman–Crippen LogP) is 2.87. The lowest BCUT2D eigenvalue weighted by Crippen LogP contribution is -2.30. The minimum absolute atomic E-state index is 0.170. The van der Waals surface area contributed by atoms with Gasteiger partial charge in [-0.15, -0.1) is 0 Å². The molecule has 0 aliphatic heterocycles. The molecule has 1 N–H and O–H groups in total. The van der Waals surface area contributed by atoms with Crippen LogP contribution in [0.3, 0.4) is 0 Å². The van der Waals surface area contributed by atoms with E-state index in [0.29, 0.717) is 12.6 Å². The first-order chi connectivity index (χ1) is 7.54. The maximum atomic E-state index is 11.9. The lowest BCUT2D eigenvalue weighted by Gasteiger charge is -2.10. The smallest absolute Gasteiger partial charge is 0.176 e. The molecule has 88 valence electrons. The fourth-order valence-corrected chi connectivity index (χ4v) is 1.43. The number of nitrogens with one attached hydrogen (secondary N) is 1. The van der Waals surface area contributed by atoms with Crippen LogP contribution in [0.15, 0.2) is 18.2 Å². The minimum atomic E-state index is 0.170. The van der Waals surface area contributed by atoms with Gasteiger partial charge >= 0.3 is 0 Å². The maximum Gasteiger partial charge on any atom is 0.176 e. The van der Waals surface area contributed by atoms with Crippen molar-refractivity contribution in [2.75, 3.05) is 6.54 Å². The van der Waals surface area contributed by atoms with Gasteiger partial charge in [0.25, 0.3) is 0 Å². The molecule has 0 amide bonds. The van der Waals surface area contributed by atoms with E-state index in [-0.39, 0.29) is 5.78 Å². The van der Waals surface area contributed by atoms with Crippen LogP contribution in [-0.4, -0.2) is 18.4 Å². The standard InChI is InChI=1S/C14H21NO/c1-5-12(4)15-9-14(16)13-7-6-10(2)11(3)8-13/h6-8,12,15H,5,9H2,1-4H3. The predicted molar refractivity (Wildman–Crippen MR) is 68.0 cm³/mol. The van der Waals surface area contributed by atoms with Gasteiger partial charge in [-0.05, 0) is 44.4 Å². The van der Waals surface area contributed by atoms with E-state index in [4.69, 9.17) is 0 Å². The molecule has 1 atom stereocenters. The number of ketones is 1. The molecule has 1 unspecified atom stereocenters. The van der Waals surface area contributed by atoms with Gasteiger partial charge in [-0.3, -0.25) is 4.79 Å². The van der Waals surface area contributed by atoms with Gasteiger partial charge < -0.3 is 5.32 Å². The monoisotopic (exact) mass is 219 g/mol. The second-order valence-electron chi connectivity index (χ2n) is 4.41. The molecular weight excluding hydrogens is 198 g/mol. The van der Waals surface area contributed by atoms with Crippen LogP contribution in [0.1, 0.15) is 41.8 Å². The molecule has 0 radical (unpaired) electrons. The second kappa shape index (κ2) is 5.80. The summed E-state index contributed by atoms with van der Waals surface area (Å²) in [7, 11) is 0. The van der Waals surface area contributed by atoms with E-state index in [2.05, 4.69) is 26.1 Å². The van der Waals surface area contributed by atoms with Crippen LogP contribution < -0.4 is 5.32 Å². The van der Waals surface area contributed by atoms with Crippen LogP contribution >= 0.6 is 0 Å². The van der Waals surface area contributed by atoms with Crippen LogP contribution in [0.25, 0.3) is 0 Å². The van der Waals surface area contributed by atoms with Gasteiger partial charge in [-0.1, -0.05) is 19.1 Å². The molecule has 0 aliphatic rings. The van der Waals surface area contributed by atoms with Crippen molar-refractivity contribution < 1.29 is 4.79 Å². The second-order valence-corrected chi connectivity index (χ2v) is 4.41. The molecule has 16 heavy (non-hydrogen) atoms. The lowest BCUT2D eigenvalue weighted by atomic mass is 10.0. The molecule has 0 fully saturated rings. The summed E-state index contributed by atoms with van der Waals surface area (Å²) in [6, 6.07) is 6.28. The van der Waals surface area contributed by atoms with Crippen LogP contribution in [-0.2, 0) is 0 Å². The molecule has 0 aromatic heterocycles. The van der Waals surface area contributed by atoms with Crippen LogP contribution in [0, 0.1) is 13.8 Å². The third-order valence-corrected chi connectivity index (χ3v) is 3.05. The Balaban J connectivity index is 2.63. The molecule has 1 aromatic carbocycles. The topological polar surface area (TPSA) is 29.1 Å². The molecule has 0 saturated heterocycles. The largest absolute Gasteiger partial charge is 0.307 e. The van der Waals surface area contributed by atoms with E-state index in [1.54, 1.807) is 0 Å². The Morgan fingerprint density at radius 1 is 1.31 bits per heavy atom. The van der Waals surface area contributed by atoms with Crippen LogP contribution in [0.4, 0.5) is 0 Å². The van der Waals surface area contributed by atoms with Gasteiger partial charge in [-0.2, -0.15) is 0 Å². The van der Waals surface area contributed by atoms with Crippen molar-refractivity contribution in [1.82, 2.24) is 5.32 Å². The number of hydrogen-bond donors (Lipinski definition) is 1. The molecule has 0 bridgehead atoms. The average molecular weight is 219 g/mol. The van der Waals surface area contributed by atoms with Crippen molar-refractivity contribution in [3.05, 3.63) is 34.9 Å². The highest BCUT2D eigenvalue weighted by Gasteiger charge is 2.07. The number of carbonyl (C=O) groups excluding carboxylic acids is 1. The number of hydrogen-bond acceptors (Lipinski definition) is 2. The summed E-state index contributed by atoms with van der Waals surface area (Å²) in [6.45, 7) is 8.72. The normalized spacial score (nSPS) is 12.5. The molecule has 1 rings (SSSR count). The summed E-state index contributed by atoms with van der Waals surface area (Å²) < 4.78 is 0. The Bertz CT molecular complexity index is 371. The van der Waals surface area contributed by atoms with Gasteiger partial charge in [0.2, 0.25) is 0 Å². The summed E-state index contributed by atoms with van der Waals surface area (Å²) in [4.78, 5) is 11.9. The Hall–Kier alpha value is -1.15. The van der Waals surface area contributed by atoms with E-state index in [1.165, 1.54) is 11.1 Å². The fraction of sp³-hybridized carbons (Fsp3) is 0.500. The molecule has 0 spiro atoms. The van der Waals surface area contributed by atoms with Gasteiger partial charge in [0.05, 0.1) is 6.54 Å².